The second-order valence-electron chi connectivity index (χ2n) is 3.89. The van der Waals surface area contributed by atoms with Gasteiger partial charge in [-0.3, -0.25) is 0 Å². The fourth-order valence-corrected chi connectivity index (χ4v) is 1.65. The third kappa shape index (κ3) is 3.70. The van der Waals surface area contributed by atoms with Gasteiger partial charge in [0.05, 0.1) is 11.9 Å². The van der Waals surface area contributed by atoms with Gasteiger partial charge in [0.15, 0.2) is 0 Å². The number of rotatable bonds is 6. The van der Waals surface area contributed by atoms with Gasteiger partial charge in [0.1, 0.15) is 5.82 Å². The van der Waals surface area contributed by atoms with Gasteiger partial charge in [-0.25, -0.2) is 4.98 Å². The molecule has 0 aliphatic rings. The molecule has 0 bridgehead atoms. The molecule has 1 rings (SSSR count). The maximum Gasteiger partial charge on any atom is 0.129 e. The Kier molecular flexibility index (Phi) is 5.05. The van der Waals surface area contributed by atoms with E-state index < -0.39 is 0 Å². The third-order valence-electron chi connectivity index (χ3n) is 2.71. The Balaban J connectivity index is 2.42. The van der Waals surface area contributed by atoms with Gasteiger partial charge in [0.2, 0.25) is 0 Å². The summed E-state index contributed by atoms with van der Waals surface area (Å²) >= 11 is 0. The monoisotopic (exact) mass is 222 g/mol. The normalized spacial score (nSPS) is 10.8. The van der Waals surface area contributed by atoms with E-state index in [4.69, 9.17) is 5.73 Å². The van der Waals surface area contributed by atoms with Crippen molar-refractivity contribution in [1.82, 2.24) is 9.88 Å². The number of anilines is 2. The lowest BCUT2D eigenvalue weighted by molar-refractivity contribution is 0.316. The predicted molar refractivity (Wildman–Crippen MR) is 69.7 cm³/mol. The number of nitrogens with two attached hydrogens (primary N) is 1. The smallest absolute Gasteiger partial charge is 0.129 e. The summed E-state index contributed by atoms with van der Waals surface area (Å²) < 4.78 is 0. The van der Waals surface area contributed by atoms with Gasteiger partial charge in [-0.1, -0.05) is 13.8 Å². The Morgan fingerprint density at radius 1 is 1.38 bits per heavy atom. The zero-order valence-electron chi connectivity index (χ0n) is 10.5. The molecule has 0 aromatic carbocycles. The second-order valence-corrected chi connectivity index (χ2v) is 3.89. The van der Waals surface area contributed by atoms with E-state index >= 15 is 0 Å². The minimum Gasteiger partial charge on any atom is -0.397 e. The number of nitrogens with one attached hydrogen (secondary N) is 1. The molecule has 1 aromatic heterocycles. The summed E-state index contributed by atoms with van der Waals surface area (Å²) in [6, 6.07) is 1.94. The topological polar surface area (TPSA) is 54.2 Å². The number of nitrogens with zero attached hydrogens (tertiary/aromatic N) is 2. The highest BCUT2D eigenvalue weighted by Crippen LogP contribution is 2.13. The third-order valence-corrected chi connectivity index (χ3v) is 2.71. The first-order chi connectivity index (χ1) is 7.67. The summed E-state index contributed by atoms with van der Waals surface area (Å²) in [5.74, 6) is 0.932. The van der Waals surface area contributed by atoms with Crippen LogP contribution in [0.3, 0.4) is 0 Å². The largest absolute Gasteiger partial charge is 0.397 e. The summed E-state index contributed by atoms with van der Waals surface area (Å²) in [5, 5.41) is 3.33. The maximum absolute atomic E-state index is 5.65. The van der Waals surface area contributed by atoms with Crippen LogP contribution in [-0.4, -0.2) is 36.1 Å². The van der Waals surface area contributed by atoms with Crippen LogP contribution in [0, 0.1) is 6.92 Å². The van der Waals surface area contributed by atoms with Gasteiger partial charge in [-0.15, -0.1) is 0 Å². The molecule has 0 radical (unpaired) electrons. The average Bonchev–Trinajstić information content (AvgIpc) is 2.27. The van der Waals surface area contributed by atoms with Crippen molar-refractivity contribution in [3.05, 3.63) is 17.8 Å². The Morgan fingerprint density at radius 2 is 2.06 bits per heavy atom. The van der Waals surface area contributed by atoms with E-state index in [9.17, 15) is 0 Å². The number of aromatic nitrogens is 1. The first-order valence-electron chi connectivity index (χ1n) is 5.85. The molecule has 0 saturated carbocycles. The number of nitrogen functional groups attached to an aromatic ring is 1. The Hall–Kier alpha value is -1.29. The van der Waals surface area contributed by atoms with Crippen molar-refractivity contribution in [3.8, 4) is 0 Å². The molecule has 16 heavy (non-hydrogen) atoms. The molecule has 0 aliphatic heterocycles. The van der Waals surface area contributed by atoms with Crippen molar-refractivity contribution in [2.75, 3.05) is 37.2 Å². The molecule has 1 heterocycles. The van der Waals surface area contributed by atoms with Crippen molar-refractivity contribution < 1.29 is 0 Å². The number of pyridine rings is 1. The van der Waals surface area contributed by atoms with E-state index in [1.54, 1.807) is 6.20 Å². The Labute approximate surface area is 97.9 Å². The van der Waals surface area contributed by atoms with Crippen LogP contribution in [0.2, 0.25) is 0 Å². The van der Waals surface area contributed by atoms with Crippen molar-refractivity contribution in [1.29, 1.82) is 0 Å². The van der Waals surface area contributed by atoms with Gasteiger partial charge in [0, 0.05) is 13.1 Å². The maximum atomic E-state index is 5.65. The molecule has 0 fully saturated rings. The summed E-state index contributed by atoms with van der Waals surface area (Å²) in [6.07, 6.45) is 1.69. The SMILES string of the molecule is CCN(CC)CCNc1ncc(N)cc1C. The number of hydrogen-bond acceptors (Lipinski definition) is 4. The predicted octanol–water partition coefficient (Wildman–Crippen LogP) is 1.73. The zero-order chi connectivity index (χ0) is 12.0. The standard InChI is InChI=1S/C12H22N4/c1-4-16(5-2)7-6-14-12-10(3)8-11(13)9-15-12/h8-9H,4-7,13H2,1-3H3,(H,14,15). The highest BCUT2D eigenvalue weighted by Gasteiger charge is 2.01. The van der Waals surface area contributed by atoms with Crippen molar-refractivity contribution in [2.24, 2.45) is 0 Å². The van der Waals surface area contributed by atoms with E-state index in [2.05, 4.69) is 29.0 Å². The fourth-order valence-electron chi connectivity index (χ4n) is 1.65. The summed E-state index contributed by atoms with van der Waals surface area (Å²) in [6.45, 7) is 10.5. The Bertz CT molecular complexity index is 321. The Morgan fingerprint density at radius 3 is 2.62 bits per heavy atom. The van der Waals surface area contributed by atoms with Crippen molar-refractivity contribution >= 4 is 11.5 Å². The second kappa shape index (κ2) is 6.33. The molecule has 90 valence electrons. The van der Waals surface area contributed by atoms with Crippen LogP contribution >= 0.6 is 0 Å². The minimum absolute atomic E-state index is 0.715. The zero-order valence-corrected chi connectivity index (χ0v) is 10.5. The van der Waals surface area contributed by atoms with Gasteiger partial charge in [0.25, 0.3) is 0 Å². The molecule has 0 atom stereocenters. The highest BCUT2D eigenvalue weighted by molar-refractivity contribution is 5.50. The molecule has 4 heteroatoms. The van der Waals surface area contributed by atoms with Gasteiger partial charge >= 0.3 is 0 Å². The van der Waals surface area contributed by atoms with Crippen LogP contribution in [0.5, 0.6) is 0 Å². The average molecular weight is 222 g/mol. The molecular weight excluding hydrogens is 200 g/mol. The van der Waals surface area contributed by atoms with Crippen molar-refractivity contribution in [3.63, 3.8) is 0 Å². The molecule has 4 nitrogen and oxygen atoms in total. The minimum atomic E-state index is 0.715. The van der Waals surface area contributed by atoms with Gasteiger partial charge in [-0.2, -0.15) is 0 Å². The van der Waals surface area contributed by atoms with E-state index in [1.165, 1.54) is 0 Å². The number of hydrogen-bond donors (Lipinski definition) is 2. The van der Waals surface area contributed by atoms with E-state index in [0.29, 0.717) is 5.69 Å². The van der Waals surface area contributed by atoms with Crippen LogP contribution < -0.4 is 11.1 Å². The quantitative estimate of drug-likeness (QED) is 0.769. The molecule has 0 aliphatic carbocycles. The van der Waals surface area contributed by atoms with Crippen LogP contribution in [0.1, 0.15) is 19.4 Å². The van der Waals surface area contributed by atoms with E-state index in [0.717, 1.165) is 37.6 Å². The van der Waals surface area contributed by atoms with Crippen molar-refractivity contribution in [2.45, 2.75) is 20.8 Å². The lowest BCUT2D eigenvalue weighted by Crippen LogP contribution is -2.28. The summed E-state index contributed by atoms with van der Waals surface area (Å²) in [5.41, 5.74) is 7.46. The van der Waals surface area contributed by atoms with Crippen LogP contribution in [0.4, 0.5) is 11.5 Å². The molecule has 0 unspecified atom stereocenters. The van der Waals surface area contributed by atoms with Gasteiger partial charge < -0.3 is 16.0 Å². The molecule has 0 saturated heterocycles. The van der Waals surface area contributed by atoms with Crippen LogP contribution in [0.15, 0.2) is 12.3 Å². The van der Waals surface area contributed by atoms with E-state index in [-0.39, 0.29) is 0 Å². The number of aryl methyl sites for hydroxylation is 1. The van der Waals surface area contributed by atoms with E-state index in [1.807, 2.05) is 13.0 Å². The first kappa shape index (κ1) is 12.8. The summed E-state index contributed by atoms with van der Waals surface area (Å²) in [4.78, 5) is 6.65. The fraction of sp³-hybridized carbons (Fsp3) is 0.583. The molecule has 0 spiro atoms. The highest BCUT2D eigenvalue weighted by atomic mass is 15.1. The summed E-state index contributed by atoms with van der Waals surface area (Å²) in [7, 11) is 0. The lowest BCUT2D eigenvalue weighted by atomic mass is 10.2. The first-order valence-corrected chi connectivity index (χ1v) is 5.85. The number of likely N-dealkylation sites (N-methyl/N-ethyl adjacent to an activating group) is 1. The molecule has 3 N–H and O–H groups in total. The van der Waals surface area contributed by atoms with Crippen LogP contribution in [0.25, 0.3) is 0 Å². The lowest BCUT2D eigenvalue weighted by Gasteiger charge is -2.18. The van der Waals surface area contributed by atoms with Crippen LogP contribution in [-0.2, 0) is 0 Å². The molecule has 0 amide bonds. The molecular formula is C12H22N4. The van der Waals surface area contributed by atoms with Gasteiger partial charge in [-0.05, 0) is 31.6 Å². The molecule has 1 aromatic rings.